The van der Waals surface area contributed by atoms with E-state index in [2.05, 4.69) is 25.6 Å². The molecule has 0 saturated carbocycles. The lowest BCUT2D eigenvalue weighted by Gasteiger charge is -2.16. The van der Waals surface area contributed by atoms with Gasteiger partial charge in [0, 0.05) is 56.8 Å². The molecule has 7 nitrogen and oxygen atoms in total. The molecule has 0 atom stereocenters. The highest BCUT2D eigenvalue weighted by molar-refractivity contribution is 5.78. The Labute approximate surface area is 147 Å². The maximum Gasteiger partial charge on any atom is 0.224 e. The first kappa shape index (κ1) is 17.1. The second-order valence-electron chi connectivity index (χ2n) is 6.20. The van der Waals surface area contributed by atoms with E-state index in [1.54, 1.807) is 6.20 Å². The number of rotatable bonds is 8. The molecule has 132 valence electrons. The fourth-order valence-electron chi connectivity index (χ4n) is 2.81. The van der Waals surface area contributed by atoms with Gasteiger partial charge in [-0.15, -0.1) is 0 Å². The number of hydrogen-bond acceptors (Lipinski definition) is 6. The molecule has 3 rings (SSSR count). The van der Waals surface area contributed by atoms with Crippen molar-refractivity contribution in [2.24, 2.45) is 0 Å². The van der Waals surface area contributed by atoms with Gasteiger partial charge in [0.15, 0.2) is 0 Å². The van der Waals surface area contributed by atoms with Gasteiger partial charge in [-0.2, -0.15) is 4.98 Å². The van der Waals surface area contributed by atoms with E-state index in [9.17, 15) is 4.79 Å². The highest BCUT2D eigenvalue weighted by Crippen LogP contribution is 2.14. The highest BCUT2D eigenvalue weighted by Gasteiger charge is 2.18. The molecule has 0 spiro atoms. The second-order valence-corrected chi connectivity index (χ2v) is 6.20. The third kappa shape index (κ3) is 4.89. The van der Waals surface area contributed by atoms with Crippen LogP contribution in [0.15, 0.2) is 30.7 Å². The maximum absolute atomic E-state index is 11.6. The zero-order valence-corrected chi connectivity index (χ0v) is 14.5. The van der Waals surface area contributed by atoms with Crippen LogP contribution in [-0.4, -0.2) is 45.4 Å². The Hall–Kier alpha value is -2.70. The molecule has 3 heterocycles. The predicted molar refractivity (Wildman–Crippen MR) is 97.3 cm³/mol. The minimum atomic E-state index is 0.278. The summed E-state index contributed by atoms with van der Waals surface area (Å²) >= 11 is 0. The van der Waals surface area contributed by atoms with Crippen molar-refractivity contribution in [3.63, 3.8) is 0 Å². The van der Waals surface area contributed by atoms with Gasteiger partial charge in [0.05, 0.1) is 0 Å². The summed E-state index contributed by atoms with van der Waals surface area (Å²) in [5.41, 5.74) is 2.08. The van der Waals surface area contributed by atoms with Gasteiger partial charge in [-0.3, -0.25) is 9.78 Å². The highest BCUT2D eigenvalue weighted by atomic mass is 16.2. The van der Waals surface area contributed by atoms with Gasteiger partial charge in [0.25, 0.3) is 0 Å². The van der Waals surface area contributed by atoms with Crippen LogP contribution in [0, 0.1) is 6.92 Å². The Kier molecular flexibility index (Phi) is 5.77. The van der Waals surface area contributed by atoms with Crippen LogP contribution >= 0.6 is 0 Å². The molecule has 2 N–H and O–H groups in total. The van der Waals surface area contributed by atoms with Crippen molar-refractivity contribution >= 4 is 17.7 Å². The number of likely N-dealkylation sites (tertiary alicyclic amines) is 1. The van der Waals surface area contributed by atoms with Crippen molar-refractivity contribution in [3.05, 3.63) is 41.9 Å². The van der Waals surface area contributed by atoms with Gasteiger partial charge in [0.1, 0.15) is 5.82 Å². The van der Waals surface area contributed by atoms with E-state index in [-0.39, 0.29) is 5.91 Å². The summed E-state index contributed by atoms with van der Waals surface area (Å²) < 4.78 is 0. The summed E-state index contributed by atoms with van der Waals surface area (Å²) in [6, 6.07) is 3.91. The summed E-state index contributed by atoms with van der Waals surface area (Å²) in [5, 5.41) is 6.56. The first-order valence-electron chi connectivity index (χ1n) is 8.70. The lowest BCUT2D eigenvalue weighted by Crippen LogP contribution is -2.27. The predicted octanol–water partition coefficient (Wildman–Crippen LogP) is 2.22. The van der Waals surface area contributed by atoms with Gasteiger partial charge < -0.3 is 15.5 Å². The Balaban J connectivity index is 1.48. The third-order valence-electron chi connectivity index (χ3n) is 4.21. The number of nitrogens with zero attached hydrogens (tertiary/aromatic N) is 4. The molecule has 0 radical (unpaired) electrons. The van der Waals surface area contributed by atoms with Crippen molar-refractivity contribution in [1.29, 1.82) is 0 Å². The van der Waals surface area contributed by atoms with Crippen LogP contribution in [0.1, 0.15) is 30.4 Å². The number of amides is 1. The molecule has 1 amide bonds. The molecular weight excluding hydrogens is 316 g/mol. The summed E-state index contributed by atoms with van der Waals surface area (Å²) in [6.07, 6.45) is 7.98. The fourth-order valence-corrected chi connectivity index (χ4v) is 2.81. The zero-order chi connectivity index (χ0) is 17.5. The standard InChI is InChI=1S/C18H24N6O/c1-14-11-21-18(22-13-15-5-2-7-19-12-15)23-17(14)20-8-4-10-24-9-3-6-16(24)25/h2,5,7,11-12H,3-4,6,8-10,13H2,1H3,(H2,20,21,22,23). The Bertz CT molecular complexity index is 706. The summed E-state index contributed by atoms with van der Waals surface area (Å²) in [6.45, 7) is 5.10. The van der Waals surface area contributed by atoms with Gasteiger partial charge in [0.2, 0.25) is 11.9 Å². The number of pyridine rings is 1. The molecule has 1 aliphatic heterocycles. The number of hydrogen-bond donors (Lipinski definition) is 2. The van der Waals surface area contributed by atoms with Crippen LogP contribution in [-0.2, 0) is 11.3 Å². The lowest BCUT2D eigenvalue weighted by atomic mass is 10.3. The minimum Gasteiger partial charge on any atom is -0.370 e. The molecule has 0 aliphatic carbocycles. The van der Waals surface area contributed by atoms with Crippen LogP contribution in [0.4, 0.5) is 11.8 Å². The maximum atomic E-state index is 11.6. The molecule has 7 heteroatoms. The van der Waals surface area contributed by atoms with Crippen molar-refractivity contribution in [2.75, 3.05) is 30.3 Å². The minimum absolute atomic E-state index is 0.278. The number of aromatic nitrogens is 3. The topological polar surface area (TPSA) is 83.0 Å². The quantitative estimate of drug-likeness (QED) is 0.717. The van der Waals surface area contributed by atoms with Crippen molar-refractivity contribution in [1.82, 2.24) is 19.9 Å². The molecular formula is C18H24N6O. The zero-order valence-electron chi connectivity index (χ0n) is 14.5. The van der Waals surface area contributed by atoms with E-state index in [0.29, 0.717) is 18.9 Å². The largest absolute Gasteiger partial charge is 0.370 e. The van der Waals surface area contributed by atoms with Crippen LogP contribution in [0.3, 0.4) is 0 Å². The average Bonchev–Trinajstić information content (AvgIpc) is 3.05. The normalized spacial score (nSPS) is 14.0. The lowest BCUT2D eigenvalue weighted by molar-refractivity contribution is -0.127. The number of carbonyl (C=O) groups excluding carboxylic acids is 1. The van der Waals surface area contributed by atoms with Gasteiger partial charge in [-0.05, 0) is 31.4 Å². The summed E-state index contributed by atoms with van der Waals surface area (Å²) in [4.78, 5) is 26.5. The van der Waals surface area contributed by atoms with Gasteiger partial charge in [-0.1, -0.05) is 6.07 Å². The monoisotopic (exact) mass is 340 g/mol. The van der Waals surface area contributed by atoms with Crippen LogP contribution < -0.4 is 10.6 Å². The fraction of sp³-hybridized carbons (Fsp3) is 0.444. The molecule has 2 aromatic heterocycles. The number of aryl methyl sites for hydroxylation is 1. The molecule has 0 unspecified atom stereocenters. The van der Waals surface area contributed by atoms with E-state index < -0.39 is 0 Å². The average molecular weight is 340 g/mol. The Morgan fingerprint density at radius 3 is 2.96 bits per heavy atom. The van der Waals surface area contributed by atoms with Gasteiger partial charge in [-0.25, -0.2) is 4.98 Å². The second kappa shape index (κ2) is 8.41. The van der Waals surface area contributed by atoms with E-state index in [4.69, 9.17) is 0 Å². The molecule has 0 aromatic carbocycles. The van der Waals surface area contributed by atoms with Crippen LogP contribution in [0.25, 0.3) is 0 Å². The SMILES string of the molecule is Cc1cnc(NCc2cccnc2)nc1NCCCN1CCCC1=O. The van der Waals surface area contributed by atoms with E-state index >= 15 is 0 Å². The first-order valence-corrected chi connectivity index (χ1v) is 8.70. The molecule has 2 aromatic rings. The Morgan fingerprint density at radius 2 is 2.20 bits per heavy atom. The number of carbonyl (C=O) groups is 1. The van der Waals surface area contributed by atoms with E-state index in [1.807, 2.05) is 36.4 Å². The van der Waals surface area contributed by atoms with Crippen molar-refractivity contribution in [2.45, 2.75) is 32.7 Å². The molecule has 1 fully saturated rings. The molecule has 25 heavy (non-hydrogen) atoms. The number of anilines is 2. The number of nitrogens with one attached hydrogen (secondary N) is 2. The van der Waals surface area contributed by atoms with Crippen molar-refractivity contribution < 1.29 is 4.79 Å². The Morgan fingerprint density at radius 1 is 1.28 bits per heavy atom. The van der Waals surface area contributed by atoms with Crippen LogP contribution in [0.2, 0.25) is 0 Å². The first-order chi connectivity index (χ1) is 12.2. The smallest absolute Gasteiger partial charge is 0.224 e. The molecule has 1 aliphatic rings. The van der Waals surface area contributed by atoms with Crippen molar-refractivity contribution in [3.8, 4) is 0 Å². The molecule has 1 saturated heterocycles. The summed E-state index contributed by atoms with van der Waals surface area (Å²) in [7, 11) is 0. The third-order valence-corrected chi connectivity index (χ3v) is 4.21. The summed E-state index contributed by atoms with van der Waals surface area (Å²) in [5.74, 6) is 1.70. The van der Waals surface area contributed by atoms with E-state index in [1.165, 1.54) is 0 Å². The molecule has 0 bridgehead atoms. The van der Waals surface area contributed by atoms with E-state index in [0.717, 1.165) is 49.4 Å². The van der Waals surface area contributed by atoms with Gasteiger partial charge >= 0.3 is 0 Å². The van der Waals surface area contributed by atoms with Crippen LogP contribution in [0.5, 0.6) is 0 Å².